The van der Waals surface area contributed by atoms with Gasteiger partial charge in [0.1, 0.15) is 29.4 Å². The summed E-state index contributed by atoms with van der Waals surface area (Å²) >= 11 is 0. The summed E-state index contributed by atoms with van der Waals surface area (Å²) in [7, 11) is 1.54. The molecule has 0 aliphatic carbocycles. The van der Waals surface area contributed by atoms with Gasteiger partial charge in [-0.2, -0.15) is 0 Å². The second kappa shape index (κ2) is 24.0. The van der Waals surface area contributed by atoms with E-state index in [0.29, 0.717) is 32.2 Å². The number of aldehydes is 1. The summed E-state index contributed by atoms with van der Waals surface area (Å²) in [5.41, 5.74) is 6.58. The molecule has 1 rings (SSSR count). The molecule has 50 heavy (non-hydrogen) atoms. The molecule has 280 valence electrons. The van der Waals surface area contributed by atoms with Crippen LogP contribution in [0.15, 0.2) is 30.3 Å². The molecular formula is C41H64N2O7. The Morgan fingerprint density at radius 1 is 0.760 bits per heavy atom. The smallest absolute Gasteiger partial charge is 0.226 e. The molecule has 0 fully saturated rings. The molecule has 2 N–H and O–H groups in total. The van der Waals surface area contributed by atoms with Crippen LogP contribution in [-0.4, -0.2) is 66.1 Å². The van der Waals surface area contributed by atoms with E-state index in [4.69, 9.17) is 5.73 Å². The van der Waals surface area contributed by atoms with Crippen LogP contribution in [0.4, 0.5) is 0 Å². The van der Waals surface area contributed by atoms with Crippen molar-refractivity contribution in [3.8, 4) is 0 Å². The average Bonchev–Trinajstić information content (AvgIpc) is 3.05. The van der Waals surface area contributed by atoms with Gasteiger partial charge in [0.2, 0.25) is 5.91 Å². The zero-order valence-electron chi connectivity index (χ0n) is 31.8. The fourth-order valence-corrected chi connectivity index (χ4v) is 6.56. The van der Waals surface area contributed by atoms with E-state index >= 15 is 0 Å². The summed E-state index contributed by atoms with van der Waals surface area (Å²) < 4.78 is 0. The maximum atomic E-state index is 13.9. The molecule has 0 saturated heterocycles. The van der Waals surface area contributed by atoms with Gasteiger partial charge in [0, 0.05) is 75.2 Å². The van der Waals surface area contributed by atoms with Crippen molar-refractivity contribution in [2.75, 3.05) is 20.1 Å². The molecule has 1 aromatic carbocycles. The molecule has 0 aromatic heterocycles. The van der Waals surface area contributed by atoms with Gasteiger partial charge in [-0.05, 0) is 56.0 Å². The molecule has 0 aliphatic heterocycles. The molecule has 0 spiro atoms. The number of likely N-dealkylation sites (N-methyl/N-ethyl adjacent to an activating group) is 1. The summed E-state index contributed by atoms with van der Waals surface area (Å²) in [6.45, 7) is 11.6. The highest BCUT2D eigenvalue weighted by Gasteiger charge is 2.34. The van der Waals surface area contributed by atoms with Crippen LogP contribution in [0.3, 0.4) is 0 Å². The molecule has 0 bridgehead atoms. The summed E-state index contributed by atoms with van der Waals surface area (Å²) in [5, 5.41) is 0. The first-order chi connectivity index (χ1) is 23.6. The number of nitrogens with two attached hydrogens (primary N) is 1. The van der Waals surface area contributed by atoms with Gasteiger partial charge in [-0.3, -0.25) is 28.8 Å². The highest BCUT2D eigenvalue weighted by molar-refractivity contribution is 5.95. The van der Waals surface area contributed by atoms with Gasteiger partial charge in [-0.15, -0.1) is 0 Å². The minimum Gasteiger partial charge on any atom is -0.338 e. The standard InChI is InChI=1S/C41H64N2O7/c1-8-14-35(45)22-32(17-12-13-18-42)39(48)24-33(19-28(2)3)40(49)25-37(29(4)5)41(50)43(7)26-36(46)23-34(38(47)20-30(6)27-44)21-31-15-10-9-11-16-31/h9-11,15-16,27-30,32-34,37H,8,12-14,17-26,42H2,1-7H3. The number of hydrogen-bond acceptors (Lipinski definition) is 8. The van der Waals surface area contributed by atoms with Crippen LogP contribution in [-0.2, 0) is 40.0 Å². The SMILES string of the molecule is CCCC(=O)CC(CCCCN)C(=O)CC(CC(C)C)C(=O)CC(C(=O)N(C)CC(=O)CC(Cc1ccccc1)C(=O)CC(C)C=O)C(C)C. The quantitative estimate of drug-likeness (QED) is 0.0780. The molecule has 9 heteroatoms. The molecule has 5 unspecified atom stereocenters. The van der Waals surface area contributed by atoms with Gasteiger partial charge in [0.05, 0.1) is 6.54 Å². The summed E-state index contributed by atoms with van der Waals surface area (Å²) in [6, 6.07) is 9.39. The maximum Gasteiger partial charge on any atom is 0.226 e. The highest BCUT2D eigenvalue weighted by atomic mass is 16.2. The number of benzene rings is 1. The van der Waals surface area contributed by atoms with Crippen molar-refractivity contribution in [3.63, 3.8) is 0 Å². The molecular weight excluding hydrogens is 632 g/mol. The number of carbonyl (C=O) groups excluding carboxylic acids is 7. The number of ketones is 5. The van der Waals surface area contributed by atoms with E-state index < -0.39 is 29.6 Å². The number of amides is 1. The predicted octanol–water partition coefficient (Wildman–Crippen LogP) is 6.41. The summed E-state index contributed by atoms with van der Waals surface area (Å²) in [4.78, 5) is 92.7. The highest BCUT2D eigenvalue weighted by Crippen LogP contribution is 2.28. The Bertz CT molecular complexity index is 1240. The van der Waals surface area contributed by atoms with Gasteiger partial charge in [-0.25, -0.2) is 0 Å². The van der Waals surface area contributed by atoms with Crippen molar-refractivity contribution >= 4 is 41.1 Å². The third-order valence-corrected chi connectivity index (χ3v) is 9.47. The van der Waals surface area contributed by atoms with Crippen molar-refractivity contribution in [2.24, 2.45) is 47.2 Å². The van der Waals surface area contributed by atoms with Crippen LogP contribution in [0, 0.1) is 41.4 Å². The van der Waals surface area contributed by atoms with Crippen LogP contribution >= 0.6 is 0 Å². The number of rotatable bonds is 28. The lowest BCUT2D eigenvalue weighted by Gasteiger charge is -2.28. The second-order valence-electron chi connectivity index (χ2n) is 15.1. The van der Waals surface area contributed by atoms with E-state index in [0.717, 1.165) is 31.1 Å². The largest absolute Gasteiger partial charge is 0.338 e. The molecule has 9 nitrogen and oxygen atoms in total. The number of nitrogens with zero attached hydrogens (tertiary/aromatic N) is 1. The van der Waals surface area contributed by atoms with Gasteiger partial charge in [-0.1, -0.05) is 78.3 Å². The Labute approximate surface area is 300 Å². The fraction of sp³-hybridized carbons (Fsp3) is 0.683. The Morgan fingerprint density at radius 2 is 1.36 bits per heavy atom. The minimum absolute atomic E-state index is 0.0383. The average molecular weight is 697 g/mol. The Balaban J connectivity index is 3.07. The van der Waals surface area contributed by atoms with Crippen LogP contribution in [0.1, 0.15) is 118 Å². The maximum absolute atomic E-state index is 13.9. The lowest BCUT2D eigenvalue weighted by atomic mass is 9.79. The monoisotopic (exact) mass is 696 g/mol. The first-order valence-corrected chi connectivity index (χ1v) is 18.7. The predicted molar refractivity (Wildman–Crippen MR) is 197 cm³/mol. The van der Waals surface area contributed by atoms with E-state index in [1.807, 2.05) is 65.0 Å². The van der Waals surface area contributed by atoms with Crippen molar-refractivity contribution in [1.29, 1.82) is 0 Å². The fourth-order valence-electron chi connectivity index (χ4n) is 6.56. The lowest BCUT2D eigenvalue weighted by molar-refractivity contribution is -0.142. The third kappa shape index (κ3) is 17.1. The second-order valence-corrected chi connectivity index (χ2v) is 15.1. The zero-order valence-corrected chi connectivity index (χ0v) is 31.8. The molecule has 0 heterocycles. The van der Waals surface area contributed by atoms with Crippen molar-refractivity contribution < 1.29 is 33.6 Å². The van der Waals surface area contributed by atoms with Crippen LogP contribution < -0.4 is 5.73 Å². The van der Waals surface area contributed by atoms with Gasteiger partial charge >= 0.3 is 0 Å². The summed E-state index contributed by atoms with van der Waals surface area (Å²) in [5.74, 6) is -3.78. The molecule has 0 saturated carbocycles. The molecule has 0 aliphatic rings. The normalized spacial score (nSPS) is 14.4. The van der Waals surface area contributed by atoms with E-state index in [1.165, 1.54) is 11.9 Å². The van der Waals surface area contributed by atoms with Gasteiger partial charge < -0.3 is 15.4 Å². The molecule has 1 aromatic rings. The first kappa shape index (κ1) is 44.7. The van der Waals surface area contributed by atoms with Crippen LogP contribution in [0.5, 0.6) is 0 Å². The first-order valence-electron chi connectivity index (χ1n) is 18.7. The van der Waals surface area contributed by atoms with Crippen LogP contribution in [0.2, 0.25) is 0 Å². The Hall–Kier alpha value is -3.33. The molecule has 5 atom stereocenters. The number of hydrogen-bond donors (Lipinski definition) is 1. The lowest BCUT2D eigenvalue weighted by Crippen LogP contribution is -2.40. The van der Waals surface area contributed by atoms with Gasteiger partial charge in [0.25, 0.3) is 0 Å². The van der Waals surface area contributed by atoms with Crippen molar-refractivity contribution in [2.45, 2.75) is 119 Å². The topological polar surface area (TPSA) is 149 Å². The van der Waals surface area contributed by atoms with Crippen molar-refractivity contribution in [3.05, 3.63) is 35.9 Å². The van der Waals surface area contributed by atoms with E-state index in [-0.39, 0.29) is 85.3 Å². The van der Waals surface area contributed by atoms with E-state index in [2.05, 4.69) is 0 Å². The molecule has 1 amide bonds. The zero-order chi connectivity index (χ0) is 37.8. The third-order valence-electron chi connectivity index (χ3n) is 9.47. The van der Waals surface area contributed by atoms with Gasteiger partial charge in [0.15, 0.2) is 5.78 Å². The summed E-state index contributed by atoms with van der Waals surface area (Å²) in [6.07, 6.45) is 4.94. The number of unbranched alkanes of at least 4 members (excludes halogenated alkanes) is 1. The number of carbonyl (C=O) groups is 7. The number of Topliss-reactive ketones (excluding diaryl/α,β-unsaturated/α-hetero) is 5. The minimum atomic E-state index is -0.688. The van der Waals surface area contributed by atoms with E-state index in [9.17, 15) is 33.6 Å². The van der Waals surface area contributed by atoms with Crippen LogP contribution in [0.25, 0.3) is 0 Å². The Kier molecular flexibility index (Phi) is 21.4. The Morgan fingerprint density at radius 3 is 1.92 bits per heavy atom. The molecule has 0 radical (unpaired) electrons. The van der Waals surface area contributed by atoms with Crippen molar-refractivity contribution in [1.82, 2.24) is 4.90 Å². The van der Waals surface area contributed by atoms with E-state index in [1.54, 1.807) is 6.92 Å².